The first-order valence-electron chi connectivity index (χ1n) is 6.06. The summed E-state index contributed by atoms with van der Waals surface area (Å²) in [7, 11) is 1.45. The first-order valence-corrected chi connectivity index (χ1v) is 6.44. The van der Waals surface area contributed by atoms with Crippen LogP contribution in [0.1, 0.15) is 12.5 Å². The number of aromatic nitrogens is 1. The second kappa shape index (κ2) is 4.38. The Morgan fingerprint density at radius 2 is 2.05 bits per heavy atom. The number of urea groups is 1. The van der Waals surface area contributed by atoms with Gasteiger partial charge in [-0.05, 0) is 18.6 Å². The van der Waals surface area contributed by atoms with Gasteiger partial charge in [-0.2, -0.15) is 0 Å². The van der Waals surface area contributed by atoms with Crippen molar-refractivity contribution in [3.8, 4) is 0 Å². The monoisotopic (exact) mass is 289 g/mol. The minimum Gasteiger partial charge on any atom is -0.359 e. The molecule has 0 unspecified atom stereocenters. The number of likely N-dealkylation sites (N-methyl/N-ethyl adjacent to an activating group) is 1. The molecule has 0 bridgehead atoms. The van der Waals surface area contributed by atoms with Crippen molar-refractivity contribution < 1.29 is 9.59 Å². The second-order valence-electron chi connectivity index (χ2n) is 4.66. The van der Waals surface area contributed by atoms with Crippen LogP contribution in [-0.4, -0.2) is 28.9 Å². The smallest absolute Gasteiger partial charge is 0.328 e. The molecule has 1 fully saturated rings. The molecule has 0 atom stereocenters. The van der Waals surface area contributed by atoms with E-state index in [4.69, 9.17) is 11.6 Å². The van der Waals surface area contributed by atoms with Gasteiger partial charge in [0.2, 0.25) is 0 Å². The molecule has 0 saturated carbocycles. The van der Waals surface area contributed by atoms with Crippen LogP contribution in [0.2, 0.25) is 5.02 Å². The van der Waals surface area contributed by atoms with Crippen molar-refractivity contribution in [1.29, 1.82) is 0 Å². The highest BCUT2D eigenvalue weighted by Crippen LogP contribution is 2.31. The number of halogens is 1. The van der Waals surface area contributed by atoms with Crippen LogP contribution in [0.3, 0.4) is 0 Å². The maximum Gasteiger partial charge on any atom is 0.328 e. The Balaban J connectivity index is 2.19. The van der Waals surface area contributed by atoms with E-state index >= 15 is 0 Å². The normalized spacial score (nSPS) is 17.9. The number of H-pyrrole nitrogens is 1. The fourth-order valence-electron chi connectivity index (χ4n) is 2.32. The van der Waals surface area contributed by atoms with Gasteiger partial charge < -0.3 is 10.3 Å². The summed E-state index contributed by atoms with van der Waals surface area (Å²) in [5.74, 6) is -0.330. The van der Waals surface area contributed by atoms with Gasteiger partial charge in [0.15, 0.2) is 0 Å². The average molecular weight is 290 g/mol. The Kier molecular flexibility index (Phi) is 2.79. The summed E-state index contributed by atoms with van der Waals surface area (Å²) in [6.45, 7) is 1.80. The van der Waals surface area contributed by atoms with Gasteiger partial charge in [-0.3, -0.25) is 9.69 Å². The molecule has 0 aliphatic carbocycles. The summed E-state index contributed by atoms with van der Waals surface area (Å²) in [5, 5.41) is 4.12. The minimum atomic E-state index is -0.415. The molecule has 0 spiro atoms. The van der Waals surface area contributed by atoms with Crippen LogP contribution in [0.15, 0.2) is 30.1 Å². The molecule has 1 saturated heterocycles. The standard InChI is InChI=1S/C14H12ClN3O2/c1-7(11-13(19)18(2)14(20)17-11)9-6-16-12-8(9)4-3-5-10(12)15/h3-6,16H,1-2H3,(H,17,20). The molecule has 2 N–H and O–H groups in total. The van der Waals surface area contributed by atoms with Gasteiger partial charge in [0, 0.05) is 24.2 Å². The van der Waals surface area contributed by atoms with Crippen LogP contribution in [0.25, 0.3) is 16.5 Å². The van der Waals surface area contributed by atoms with E-state index in [2.05, 4.69) is 10.3 Å². The largest absolute Gasteiger partial charge is 0.359 e. The summed E-state index contributed by atoms with van der Waals surface area (Å²) in [5.41, 5.74) is 2.68. The zero-order chi connectivity index (χ0) is 14.4. The molecule has 102 valence electrons. The number of carbonyl (C=O) groups excluding carboxylic acids is 2. The van der Waals surface area contributed by atoms with Crippen molar-refractivity contribution >= 4 is 40.0 Å². The van der Waals surface area contributed by atoms with E-state index in [1.54, 1.807) is 19.2 Å². The summed E-state index contributed by atoms with van der Waals surface area (Å²) >= 11 is 6.12. The summed E-state index contributed by atoms with van der Waals surface area (Å²) < 4.78 is 0. The predicted molar refractivity (Wildman–Crippen MR) is 77.2 cm³/mol. The molecule has 2 aromatic rings. The first-order chi connectivity index (χ1) is 9.50. The molecular formula is C14H12ClN3O2. The Morgan fingerprint density at radius 3 is 2.70 bits per heavy atom. The van der Waals surface area contributed by atoms with Crippen molar-refractivity contribution in [2.24, 2.45) is 0 Å². The number of nitrogens with zero attached hydrogens (tertiary/aromatic N) is 1. The number of hydrogen-bond acceptors (Lipinski definition) is 2. The fourth-order valence-corrected chi connectivity index (χ4v) is 2.55. The third-order valence-corrected chi connectivity index (χ3v) is 3.81. The van der Waals surface area contributed by atoms with Gasteiger partial charge in [-0.1, -0.05) is 23.7 Å². The molecule has 5 nitrogen and oxygen atoms in total. The number of amides is 3. The second-order valence-corrected chi connectivity index (χ2v) is 5.07. The molecule has 3 rings (SSSR count). The molecule has 3 amide bonds. The van der Waals surface area contributed by atoms with Crippen molar-refractivity contribution in [3.63, 3.8) is 0 Å². The lowest BCUT2D eigenvalue weighted by Crippen LogP contribution is -2.25. The maximum atomic E-state index is 12.0. The molecule has 1 aliphatic rings. The number of benzene rings is 1. The molecular weight excluding hydrogens is 278 g/mol. The molecule has 1 aromatic carbocycles. The molecule has 6 heteroatoms. The third kappa shape index (κ3) is 1.71. The van der Waals surface area contributed by atoms with Crippen LogP contribution in [0.5, 0.6) is 0 Å². The number of aromatic amines is 1. The van der Waals surface area contributed by atoms with Gasteiger partial charge in [-0.25, -0.2) is 4.79 Å². The quantitative estimate of drug-likeness (QED) is 0.626. The highest BCUT2D eigenvalue weighted by atomic mass is 35.5. The number of para-hydroxylation sites is 1. The number of allylic oxidation sites excluding steroid dienone is 1. The lowest BCUT2D eigenvalue weighted by Gasteiger charge is -2.04. The molecule has 1 aliphatic heterocycles. The van der Waals surface area contributed by atoms with E-state index in [0.717, 1.165) is 21.4 Å². The van der Waals surface area contributed by atoms with E-state index in [1.807, 2.05) is 12.1 Å². The van der Waals surface area contributed by atoms with E-state index in [1.165, 1.54) is 7.05 Å². The lowest BCUT2D eigenvalue weighted by molar-refractivity contribution is -0.121. The number of nitrogens with one attached hydrogen (secondary N) is 2. The van der Waals surface area contributed by atoms with Crippen LogP contribution >= 0.6 is 11.6 Å². The van der Waals surface area contributed by atoms with Crippen LogP contribution < -0.4 is 5.32 Å². The Labute approximate surface area is 120 Å². The van der Waals surface area contributed by atoms with Crippen LogP contribution in [-0.2, 0) is 4.79 Å². The lowest BCUT2D eigenvalue weighted by atomic mass is 10.0. The van der Waals surface area contributed by atoms with Crippen molar-refractivity contribution in [1.82, 2.24) is 15.2 Å². The SMILES string of the molecule is CC(=C1NC(=O)N(C)C1=O)c1c[nH]c2c(Cl)cccc12. The first kappa shape index (κ1) is 12.7. The van der Waals surface area contributed by atoms with Gasteiger partial charge >= 0.3 is 6.03 Å². The van der Waals surface area contributed by atoms with Crippen LogP contribution in [0, 0.1) is 0 Å². The minimum absolute atomic E-state index is 0.304. The highest BCUT2D eigenvalue weighted by molar-refractivity contribution is 6.35. The zero-order valence-electron chi connectivity index (χ0n) is 11.0. The number of imide groups is 1. The number of rotatable bonds is 1. The molecule has 1 aromatic heterocycles. The topological polar surface area (TPSA) is 65.2 Å². The van der Waals surface area contributed by atoms with Gasteiger partial charge in [-0.15, -0.1) is 0 Å². The van der Waals surface area contributed by atoms with E-state index in [-0.39, 0.29) is 5.91 Å². The van der Waals surface area contributed by atoms with E-state index < -0.39 is 6.03 Å². The predicted octanol–water partition coefficient (Wildman–Crippen LogP) is 2.73. The Morgan fingerprint density at radius 1 is 1.30 bits per heavy atom. The fraction of sp³-hybridized carbons (Fsp3) is 0.143. The van der Waals surface area contributed by atoms with Gasteiger partial charge in [0.05, 0.1) is 10.5 Å². The van der Waals surface area contributed by atoms with E-state index in [0.29, 0.717) is 16.3 Å². The summed E-state index contributed by atoms with van der Waals surface area (Å²) in [4.78, 5) is 27.7. The van der Waals surface area contributed by atoms with E-state index in [9.17, 15) is 9.59 Å². The van der Waals surface area contributed by atoms with Gasteiger partial charge in [0.25, 0.3) is 5.91 Å². The number of carbonyl (C=O) groups is 2. The summed E-state index contributed by atoms with van der Waals surface area (Å²) in [6, 6.07) is 5.15. The summed E-state index contributed by atoms with van der Waals surface area (Å²) in [6.07, 6.45) is 1.79. The van der Waals surface area contributed by atoms with Crippen molar-refractivity contribution in [2.75, 3.05) is 7.05 Å². The maximum absolute atomic E-state index is 12.0. The van der Waals surface area contributed by atoms with Crippen LogP contribution in [0.4, 0.5) is 4.79 Å². The van der Waals surface area contributed by atoms with Gasteiger partial charge in [0.1, 0.15) is 5.70 Å². The zero-order valence-corrected chi connectivity index (χ0v) is 11.7. The Hall–Kier alpha value is -2.27. The number of hydrogen-bond donors (Lipinski definition) is 2. The average Bonchev–Trinajstić information content (AvgIpc) is 2.96. The van der Waals surface area contributed by atoms with Crippen molar-refractivity contribution in [2.45, 2.75) is 6.92 Å². The number of fused-ring (bicyclic) bond motifs is 1. The molecule has 20 heavy (non-hydrogen) atoms. The molecule has 0 radical (unpaired) electrons. The third-order valence-electron chi connectivity index (χ3n) is 3.50. The van der Waals surface area contributed by atoms with Crippen molar-refractivity contribution in [3.05, 3.63) is 40.7 Å². The highest BCUT2D eigenvalue weighted by Gasteiger charge is 2.32. The molecule has 2 heterocycles. The Bertz CT molecular complexity index is 776.